The molecule has 0 saturated carbocycles. The van der Waals surface area contributed by atoms with Crippen molar-refractivity contribution in [2.45, 2.75) is 0 Å². The molecule has 13 rings (SSSR count). The highest BCUT2D eigenvalue weighted by atomic mass is 28.3. The van der Waals surface area contributed by atoms with Crippen molar-refractivity contribution in [3.05, 3.63) is 231 Å². The summed E-state index contributed by atoms with van der Waals surface area (Å²) in [6.07, 6.45) is 0. The number of hydrogen-bond acceptors (Lipinski definition) is 2. The number of aromatic nitrogens is 4. The van der Waals surface area contributed by atoms with Gasteiger partial charge in [0.15, 0.2) is 13.9 Å². The van der Waals surface area contributed by atoms with Crippen molar-refractivity contribution < 1.29 is 0 Å². The number of rotatable bonds is 6. The maximum atomic E-state index is 5.81. The molecule has 1 aliphatic rings. The first-order chi connectivity index (χ1) is 31.3. The first-order valence-corrected chi connectivity index (χ1v) is 23.6. The molecule has 0 amide bonds. The summed E-state index contributed by atoms with van der Waals surface area (Å²) in [5.74, 6) is 0.700. The van der Waals surface area contributed by atoms with Crippen LogP contribution in [0.15, 0.2) is 231 Å². The van der Waals surface area contributed by atoms with Gasteiger partial charge in [0.2, 0.25) is 0 Å². The van der Waals surface area contributed by atoms with Crippen LogP contribution in [0.2, 0.25) is 0 Å². The van der Waals surface area contributed by atoms with E-state index >= 15 is 0 Å². The number of benzene rings is 9. The molecule has 0 unspecified atom stereocenters. The third-order valence-electron chi connectivity index (χ3n) is 13.2. The fraction of sp³-hybridized carbons (Fsp3) is 0. The summed E-state index contributed by atoms with van der Waals surface area (Å²) in [7, 11) is -2.93. The van der Waals surface area contributed by atoms with Crippen LogP contribution in [-0.4, -0.2) is 27.2 Å². The van der Waals surface area contributed by atoms with Gasteiger partial charge in [-0.3, -0.25) is 0 Å². The zero-order valence-corrected chi connectivity index (χ0v) is 35.2. The molecule has 0 spiro atoms. The normalized spacial score (nSPS) is 12.9. The lowest BCUT2D eigenvalue weighted by Gasteiger charge is -2.32. The maximum Gasteiger partial charge on any atom is 0.185 e. The summed E-state index contributed by atoms with van der Waals surface area (Å²) in [6, 6.07) is 83.7. The summed E-state index contributed by atoms with van der Waals surface area (Å²) in [4.78, 5) is 11.6. The maximum absolute atomic E-state index is 5.81. The Hall–Kier alpha value is -8.12. The molecule has 0 aliphatic carbocycles. The Balaban J connectivity index is 1.16. The second-order valence-electron chi connectivity index (χ2n) is 16.4. The number of hydrogen-bond donors (Lipinski definition) is 0. The van der Waals surface area contributed by atoms with Crippen molar-refractivity contribution in [2.75, 3.05) is 0 Å². The lowest BCUT2D eigenvalue weighted by Crippen LogP contribution is -2.73. The van der Waals surface area contributed by atoms with E-state index in [9.17, 15) is 0 Å². The largest absolute Gasteiger partial charge is 0.307 e. The zero-order valence-electron chi connectivity index (χ0n) is 34.2. The van der Waals surface area contributed by atoms with Gasteiger partial charge in [0.25, 0.3) is 0 Å². The van der Waals surface area contributed by atoms with Crippen LogP contribution in [0.5, 0.6) is 0 Å². The van der Waals surface area contributed by atoms with E-state index in [2.05, 4.69) is 240 Å². The van der Waals surface area contributed by atoms with Gasteiger partial charge in [-0.15, -0.1) is 0 Å². The van der Waals surface area contributed by atoms with Gasteiger partial charge < -0.3 is 9.13 Å². The topological polar surface area (TPSA) is 35.6 Å². The van der Waals surface area contributed by atoms with Crippen LogP contribution in [-0.2, 0) is 0 Å². The molecule has 63 heavy (non-hydrogen) atoms. The van der Waals surface area contributed by atoms with E-state index in [-0.39, 0.29) is 0 Å². The first-order valence-electron chi connectivity index (χ1n) is 21.6. The molecular weight excluding hydrogens is 781 g/mol. The molecule has 0 atom stereocenters. The molecule has 4 nitrogen and oxygen atoms in total. The van der Waals surface area contributed by atoms with Crippen LogP contribution in [0.4, 0.5) is 0 Å². The van der Waals surface area contributed by atoms with E-state index < -0.39 is 8.07 Å². The molecular formula is C58H38N4Si. The van der Waals surface area contributed by atoms with E-state index in [1.807, 2.05) is 0 Å². The Kier molecular flexibility index (Phi) is 7.89. The molecule has 3 aromatic heterocycles. The van der Waals surface area contributed by atoms with Crippen LogP contribution >= 0.6 is 0 Å². The molecule has 0 radical (unpaired) electrons. The fourth-order valence-electron chi connectivity index (χ4n) is 10.7. The van der Waals surface area contributed by atoms with Crippen LogP contribution in [0.25, 0.3) is 88.9 Å². The molecule has 1 aliphatic heterocycles. The standard InChI is InChI=1S/C58H38N4Si/c1-5-21-39(22-6-1)53-57-54(48-32-16-20-36-52(48)63(57,41-25-9-3-10-26-41)42-27-11-4-12-28-42)60-58(59-53)47-31-15-19-35-51(47)62-50-34-18-14-30-44(50)46-38-37-45-43-29-13-17-33-49(43)61(55(45)56(46)62)40-23-7-2-8-24-40/h1-38H. The molecule has 4 heterocycles. The highest BCUT2D eigenvalue weighted by Crippen LogP contribution is 2.43. The highest BCUT2D eigenvalue weighted by Gasteiger charge is 2.51. The Bertz CT molecular complexity index is 3690. The van der Waals surface area contributed by atoms with E-state index in [0.717, 1.165) is 44.9 Å². The van der Waals surface area contributed by atoms with Gasteiger partial charge in [-0.25, -0.2) is 9.97 Å². The van der Waals surface area contributed by atoms with Crippen molar-refractivity contribution >= 4 is 72.4 Å². The smallest absolute Gasteiger partial charge is 0.185 e. The van der Waals surface area contributed by atoms with Crippen molar-refractivity contribution in [3.8, 4) is 45.3 Å². The van der Waals surface area contributed by atoms with E-state index in [1.54, 1.807) is 0 Å². The fourth-order valence-corrected chi connectivity index (χ4v) is 15.9. The molecule has 12 aromatic rings. The van der Waals surface area contributed by atoms with Crippen LogP contribution in [0, 0.1) is 0 Å². The van der Waals surface area contributed by atoms with E-state index in [1.165, 1.54) is 58.9 Å². The van der Waals surface area contributed by atoms with Crippen molar-refractivity contribution in [1.29, 1.82) is 0 Å². The summed E-state index contributed by atoms with van der Waals surface area (Å²) >= 11 is 0. The van der Waals surface area contributed by atoms with Gasteiger partial charge in [-0.05, 0) is 52.0 Å². The minimum Gasteiger partial charge on any atom is -0.307 e. The first kappa shape index (κ1) is 35.6. The average Bonchev–Trinajstić information content (AvgIpc) is 3.99. The molecule has 0 N–H and O–H groups in total. The number of nitrogens with zero attached hydrogens (tertiary/aromatic N) is 4. The predicted octanol–water partition coefficient (Wildman–Crippen LogP) is 11.4. The average molecular weight is 819 g/mol. The van der Waals surface area contributed by atoms with Crippen LogP contribution < -0.4 is 20.7 Å². The lowest BCUT2D eigenvalue weighted by atomic mass is 10.1. The molecule has 9 aromatic carbocycles. The number of fused-ring (bicyclic) bond motifs is 10. The Labute approximate surface area is 365 Å². The van der Waals surface area contributed by atoms with Gasteiger partial charge in [-0.1, -0.05) is 194 Å². The molecule has 5 heteroatoms. The zero-order chi connectivity index (χ0) is 41.5. The summed E-state index contributed by atoms with van der Waals surface area (Å²) < 4.78 is 4.92. The second-order valence-corrected chi connectivity index (χ2v) is 20.1. The second kappa shape index (κ2) is 14.0. The summed E-state index contributed by atoms with van der Waals surface area (Å²) in [6.45, 7) is 0. The minimum atomic E-state index is -2.93. The summed E-state index contributed by atoms with van der Waals surface area (Å²) in [5, 5.41) is 10.0. The van der Waals surface area contributed by atoms with E-state index in [4.69, 9.17) is 9.97 Å². The van der Waals surface area contributed by atoms with Crippen molar-refractivity contribution in [2.24, 2.45) is 0 Å². The third kappa shape index (κ3) is 5.08. The van der Waals surface area contributed by atoms with Gasteiger partial charge >= 0.3 is 0 Å². The lowest BCUT2D eigenvalue weighted by molar-refractivity contribution is 1.13. The Morgan fingerprint density at radius 2 is 0.825 bits per heavy atom. The third-order valence-corrected chi connectivity index (χ3v) is 18.1. The Morgan fingerprint density at radius 1 is 0.349 bits per heavy atom. The van der Waals surface area contributed by atoms with Crippen LogP contribution in [0.3, 0.4) is 0 Å². The van der Waals surface area contributed by atoms with E-state index in [0.29, 0.717) is 5.82 Å². The van der Waals surface area contributed by atoms with Crippen LogP contribution in [0.1, 0.15) is 0 Å². The Morgan fingerprint density at radius 3 is 1.48 bits per heavy atom. The SMILES string of the molecule is c1ccc(-c2nc(-c3ccccc3-n3c4ccccc4c4ccc5c6ccccc6n(-c6ccccc6)c5c43)nc3c2[Si](c2ccccc2)(c2ccccc2)c2ccccc2-3)cc1. The molecule has 0 fully saturated rings. The van der Waals surface area contributed by atoms with Crippen molar-refractivity contribution in [1.82, 2.24) is 19.1 Å². The van der Waals surface area contributed by atoms with Gasteiger partial charge in [0.1, 0.15) is 0 Å². The highest BCUT2D eigenvalue weighted by molar-refractivity contribution is 7.22. The molecule has 0 bridgehead atoms. The minimum absolute atomic E-state index is 0.700. The molecule has 0 saturated heterocycles. The quantitative estimate of drug-likeness (QED) is 0.157. The predicted molar refractivity (Wildman–Crippen MR) is 264 cm³/mol. The molecule has 294 valence electrons. The summed E-state index contributed by atoms with van der Waals surface area (Å²) in [5.41, 5.74) is 12.0. The van der Waals surface area contributed by atoms with Crippen molar-refractivity contribution in [3.63, 3.8) is 0 Å². The van der Waals surface area contributed by atoms with Gasteiger partial charge in [-0.2, -0.15) is 0 Å². The van der Waals surface area contributed by atoms with Gasteiger partial charge in [0, 0.05) is 49.1 Å². The number of para-hydroxylation sites is 4. The monoisotopic (exact) mass is 818 g/mol. The van der Waals surface area contributed by atoms with Gasteiger partial charge in [0.05, 0.1) is 39.1 Å².